The first-order chi connectivity index (χ1) is 13.2. The molecule has 0 aliphatic carbocycles. The number of aliphatic imine (C=N–C) groups is 1. The van der Waals surface area contributed by atoms with Crippen LogP contribution in [0.2, 0.25) is 0 Å². The minimum absolute atomic E-state index is 0.00775. The number of likely N-dealkylation sites (tertiary alicyclic amines) is 1. The predicted octanol–water partition coefficient (Wildman–Crippen LogP) is 2.44. The number of esters is 1. The van der Waals surface area contributed by atoms with Gasteiger partial charge in [-0.3, -0.25) is 14.7 Å². The van der Waals surface area contributed by atoms with E-state index < -0.39 is 17.2 Å². The van der Waals surface area contributed by atoms with E-state index in [1.54, 1.807) is 7.05 Å². The number of benzene rings is 1. The van der Waals surface area contributed by atoms with Gasteiger partial charge in [-0.25, -0.2) is 8.78 Å². The van der Waals surface area contributed by atoms with Crippen molar-refractivity contribution in [2.24, 2.45) is 4.99 Å². The predicted molar refractivity (Wildman–Crippen MR) is 105 cm³/mol. The molecule has 156 valence electrons. The van der Waals surface area contributed by atoms with Gasteiger partial charge in [-0.05, 0) is 52.3 Å². The molecule has 1 aromatic carbocycles. The van der Waals surface area contributed by atoms with Gasteiger partial charge in [0.15, 0.2) is 5.96 Å². The van der Waals surface area contributed by atoms with Crippen LogP contribution >= 0.6 is 0 Å². The first-order valence-electron chi connectivity index (χ1n) is 9.52. The Morgan fingerprint density at radius 1 is 1.32 bits per heavy atom. The van der Waals surface area contributed by atoms with E-state index in [0.717, 1.165) is 19.4 Å². The van der Waals surface area contributed by atoms with Gasteiger partial charge in [0.05, 0.1) is 0 Å². The van der Waals surface area contributed by atoms with E-state index in [2.05, 4.69) is 15.6 Å². The molecule has 1 heterocycles. The fourth-order valence-corrected chi connectivity index (χ4v) is 3.15. The fraction of sp³-hybridized carbons (Fsp3) is 0.600. The number of rotatable bonds is 5. The molecule has 6 nitrogen and oxygen atoms in total. The first-order valence-corrected chi connectivity index (χ1v) is 9.52. The highest BCUT2D eigenvalue weighted by Crippen LogP contribution is 2.18. The molecule has 28 heavy (non-hydrogen) atoms. The lowest BCUT2D eigenvalue weighted by atomic mass is 10.0. The molecule has 0 aromatic heterocycles. The number of nitrogens with zero attached hydrogens (tertiary/aromatic N) is 2. The van der Waals surface area contributed by atoms with E-state index >= 15 is 0 Å². The third kappa shape index (κ3) is 7.07. The summed E-state index contributed by atoms with van der Waals surface area (Å²) < 4.78 is 33.1. The topological polar surface area (TPSA) is 66.0 Å². The molecular formula is C20H30F2N4O2. The lowest BCUT2D eigenvalue weighted by Gasteiger charge is -2.34. The van der Waals surface area contributed by atoms with Crippen molar-refractivity contribution in [1.82, 2.24) is 15.5 Å². The Balaban J connectivity index is 1.86. The zero-order chi connectivity index (χ0) is 20.7. The summed E-state index contributed by atoms with van der Waals surface area (Å²) in [6.07, 6.45) is 1.81. The van der Waals surface area contributed by atoms with Crippen LogP contribution in [0.15, 0.2) is 23.2 Å². The Morgan fingerprint density at radius 2 is 2.00 bits per heavy atom. The van der Waals surface area contributed by atoms with E-state index in [4.69, 9.17) is 4.74 Å². The normalized spacial score (nSPS) is 18.6. The Kier molecular flexibility index (Phi) is 7.74. The van der Waals surface area contributed by atoms with E-state index in [0.29, 0.717) is 12.5 Å². The van der Waals surface area contributed by atoms with Crippen molar-refractivity contribution < 1.29 is 18.3 Å². The van der Waals surface area contributed by atoms with Crippen LogP contribution in [0.25, 0.3) is 0 Å². The van der Waals surface area contributed by atoms with E-state index in [1.165, 1.54) is 18.2 Å². The zero-order valence-corrected chi connectivity index (χ0v) is 17.0. The molecule has 1 saturated heterocycles. The molecule has 0 spiro atoms. The Labute approximate surface area is 165 Å². The van der Waals surface area contributed by atoms with Gasteiger partial charge in [-0.2, -0.15) is 0 Å². The number of halogens is 2. The largest absolute Gasteiger partial charge is 0.459 e. The molecule has 1 aliphatic rings. The number of nitrogens with one attached hydrogen (secondary N) is 2. The van der Waals surface area contributed by atoms with E-state index in [9.17, 15) is 13.6 Å². The van der Waals surface area contributed by atoms with Gasteiger partial charge in [0.25, 0.3) is 0 Å². The van der Waals surface area contributed by atoms with E-state index in [1.807, 2.05) is 25.7 Å². The average molecular weight is 396 g/mol. The maximum absolute atomic E-state index is 13.9. The second-order valence-electron chi connectivity index (χ2n) is 7.93. The molecule has 0 amide bonds. The van der Waals surface area contributed by atoms with E-state index in [-0.39, 0.29) is 30.7 Å². The minimum Gasteiger partial charge on any atom is -0.459 e. The standard InChI is InChI=1S/C20H30F2N4O2/c1-20(2,3)28-18(27)11-24-19(23-4)25-14-7-6-10-26(12-14)13-15-16(21)8-5-9-17(15)22/h5,8-9,14H,6-7,10-13H2,1-4H3,(H2,23,24,25). The highest BCUT2D eigenvalue weighted by Gasteiger charge is 2.23. The molecular weight excluding hydrogens is 366 g/mol. The summed E-state index contributed by atoms with van der Waals surface area (Å²) >= 11 is 0. The summed E-state index contributed by atoms with van der Waals surface area (Å²) in [6, 6.07) is 3.99. The molecule has 0 radical (unpaired) electrons. The second kappa shape index (κ2) is 9.82. The monoisotopic (exact) mass is 396 g/mol. The maximum atomic E-state index is 13.9. The number of hydrogen-bond acceptors (Lipinski definition) is 4. The Hall–Kier alpha value is -2.22. The Bertz CT molecular complexity index is 684. The molecule has 1 unspecified atom stereocenters. The number of carbonyl (C=O) groups is 1. The second-order valence-corrected chi connectivity index (χ2v) is 7.93. The van der Waals surface area contributed by atoms with Gasteiger partial charge in [0.1, 0.15) is 23.8 Å². The molecule has 1 fully saturated rings. The molecule has 0 saturated carbocycles. The maximum Gasteiger partial charge on any atom is 0.325 e. The number of piperidine rings is 1. The summed E-state index contributed by atoms with van der Waals surface area (Å²) in [5.41, 5.74) is -0.447. The lowest BCUT2D eigenvalue weighted by Crippen LogP contribution is -2.51. The molecule has 2 N–H and O–H groups in total. The van der Waals surface area contributed by atoms with Crippen molar-refractivity contribution in [3.63, 3.8) is 0 Å². The summed E-state index contributed by atoms with van der Waals surface area (Å²) in [5, 5.41) is 6.22. The van der Waals surface area contributed by atoms with Crippen molar-refractivity contribution >= 4 is 11.9 Å². The van der Waals surface area contributed by atoms with Gasteiger partial charge in [-0.15, -0.1) is 0 Å². The van der Waals surface area contributed by atoms with Gasteiger partial charge >= 0.3 is 5.97 Å². The van der Waals surface area contributed by atoms with Crippen molar-refractivity contribution in [1.29, 1.82) is 0 Å². The van der Waals surface area contributed by atoms with Crippen molar-refractivity contribution in [2.45, 2.75) is 51.8 Å². The molecule has 1 atom stereocenters. The van der Waals surface area contributed by atoms with Gasteiger partial charge in [0, 0.05) is 31.7 Å². The third-order valence-corrected chi connectivity index (χ3v) is 4.33. The smallest absolute Gasteiger partial charge is 0.325 e. The SMILES string of the molecule is CN=C(NCC(=O)OC(C)(C)C)NC1CCCN(Cc2c(F)cccc2F)C1. The van der Waals surface area contributed by atoms with Crippen LogP contribution in [0.1, 0.15) is 39.2 Å². The number of carbonyl (C=O) groups excluding carboxylic acids is 1. The fourth-order valence-electron chi connectivity index (χ4n) is 3.15. The number of ether oxygens (including phenoxy) is 1. The van der Waals surface area contributed by atoms with Crippen LogP contribution in [0.4, 0.5) is 8.78 Å². The number of hydrogen-bond donors (Lipinski definition) is 2. The first kappa shape index (κ1) is 22.1. The van der Waals surface area contributed by atoms with Gasteiger partial charge < -0.3 is 15.4 Å². The highest BCUT2D eigenvalue weighted by atomic mass is 19.1. The zero-order valence-electron chi connectivity index (χ0n) is 17.0. The third-order valence-electron chi connectivity index (χ3n) is 4.33. The van der Waals surface area contributed by atoms with Crippen molar-refractivity contribution in [2.75, 3.05) is 26.7 Å². The highest BCUT2D eigenvalue weighted by molar-refractivity contribution is 5.84. The van der Waals surface area contributed by atoms with Crippen LogP contribution < -0.4 is 10.6 Å². The molecule has 0 bridgehead atoms. The molecule has 2 rings (SSSR count). The van der Waals surface area contributed by atoms with Crippen LogP contribution in [-0.4, -0.2) is 55.2 Å². The molecule has 8 heteroatoms. The lowest BCUT2D eigenvalue weighted by molar-refractivity contribution is -0.153. The van der Waals surface area contributed by atoms with Crippen LogP contribution in [0, 0.1) is 11.6 Å². The number of guanidine groups is 1. The van der Waals surface area contributed by atoms with Gasteiger partial charge in [0.2, 0.25) is 0 Å². The van der Waals surface area contributed by atoms with Crippen LogP contribution in [-0.2, 0) is 16.1 Å². The average Bonchev–Trinajstić information content (AvgIpc) is 2.61. The Morgan fingerprint density at radius 3 is 2.61 bits per heavy atom. The quantitative estimate of drug-likeness (QED) is 0.455. The van der Waals surface area contributed by atoms with Crippen molar-refractivity contribution in [3.05, 3.63) is 35.4 Å². The van der Waals surface area contributed by atoms with Crippen LogP contribution in [0.3, 0.4) is 0 Å². The molecule has 1 aromatic rings. The summed E-state index contributed by atoms with van der Waals surface area (Å²) in [5.74, 6) is -0.916. The summed E-state index contributed by atoms with van der Waals surface area (Å²) in [7, 11) is 1.62. The summed E-state index contributed by atoms with van der Waals surface area (Å²) in [6.45, 7) is 7.07. The summed E-state index contributed by atoms with van der Waals surface area (Å²) in [4.78, 5) is 18.0. The van der Waals surface area contributed by atoms with Crippen molar-refractivity contribution in [3.8, 4) is 0 Å². The van der Waals surface area contributed by atoms with Crippen LogP contribution in [0.5, 0.6) is 0 Å². The molecule has 1 aliphatic heterocycles. The minimum atomic E-state index is -0.540. The van der Waals surface area contributed by atoms with Gasteiger partial charge in [-0.1, -0.05) is 6.07 Å².